The molecule has 0 fully saturated rings. The Labute approximate surface area is 170 Å². The largest absolute Gasteiger partial charge is 1.00 e. The van der Waals surface area contributed by atoms with E-state index in [0.717, 1.165) is 0 Å². The van der Waals surface area contributed by atoms with Crippen molar-refractivity contribution in [2.75, 3.05) is 11.5 Å². The molecule has 0 saturated heterocycles. The van der Waals surface area contributed by atoms with Crippen LogP contribution in [-0.4, -0.2) is 45.7 Å². The first-order valence-electron chi connectivity index (χ1n) is 4.80. The fourth-order valence-corrected chi connectivity index (χ4v) is 5.82. The topological polar surface area (TPSA) is 135 Å². The Balaban J connectivity index is -0.00000144. The minimum Gasteiger partial charge on any atom is -0.549 e. The maximum Gasteiger partial charge on any atom is 1.00 e. The molecule has 0 aliphatic rings. The second kappa shape index (κ2) is 11.1. The van der Waals surface area contributed by atoms with E-state index in [-0.39, 0.29) is 70.6 Å². The van der Waals surface area contributed by atoms with Gasteiger partial charge in [-0.3, -0.25) is 4.55 Å². The Morgan fingerprint density at radius 3 is 1.65 bits per heavy atom. The summed E-state index contributed by atoms with van der Waals surface area (Å²) in [5.74, 6) is -3.81. The van der Waals surface area contributed by atoms with Crippen LogP contribution in [0.3, 0.4) is 0 Å². The van der Waals surface area contributed by atoms with E-state index in [1.807, 2.05) is 0 Å². The number of carbonyl (C=O) groups is 2. The minimum atomic E-state index is -5.14. The molecule has 0 aliphatic carbocycles. The number of aliphatic carboxylic acids is 2. The van der Waals surface area contributed by atoms with Crippen molar-refractivity contribution >= 4 is 45.6 Å². The minimum absolute atomic E-state index is 0. The molecular weight excluding hydrogens is 350 g/mol. The van der Waals surface area contributed by atoms with Crippen molar-refractivity contribution in [2.45, 2.75) is 23.2 Å². The van der Waals surface area contributed by atoms with Gasteiger partial charge in [-0.05, 0) is 11.5 Å². The van der Waals surface area contributed by atoms with Crippen LogP contribution in [0, 0.1) is 0 Å². The third-order valence-corrected chi connectivity index (χ3v) is 6.25. The maximum atomic E-state index is 11.2. The number of thioether (sulfide) groups is 2. The first-order valence-corrected chi connectivity index (χ1v) is 8.27. The van der Waals surface area contributed by atoms with E-state index in [1.54, 1.807) is 0 Å². The molecule has 0 spiro atoms. The van der Waals surface area contributed by atoms with E-state index < -0.39 is 31.4 Å². The SMILES string of the molecule is CCSC(SCC)(C(=O)[O-])C(C(=O)[O-])S(=O)(=O)O.[Na+].[Na+]. The molecule has 0 aromatic carbocycles. The molecule has 20 heavy (non-hydrogen) atoms. The van der Waals surface area contributed by atoms with Crippen LogP contribution in [0.1, 0.15) is 13.8 Å². The van der Waals surface area contributed by atoms with Crippen molar-refractivity contribution in [3.8, 4) is 0 Å². The predicted molar refractivity (Wildman–Crippen MR) is 64.3 cm³/mol. The summed E-state index contributed by atoms with van der Waals surface area (Å²) in [5.41, 5.74) is 0. The van der Waals surface area contributed by atoms with Crippen LogP contribution < -0.4 is 69.3 Å². The summed E-state index contributed by atoms with van der Waals surface area (Å²) in [5, 5.41) is 19.5. The third kappa shape index (κ3) is 6.76. The van der Waals surface area contributed by atoms with Gasteiger partial charge in [0, 0.05) is 0 Å². The second-order valence-corrected chi connectivity index (χ2v) is 7.81. The number of rotatable bonds is 8. The molecule has 0 saturated carbocycles. The first-order chi connectivity index (χ1) is 8.13. The van der Waals surface area contributed by atoms with Gasteiger partial charge in [0.25, 0.3) is 10.1 Å². The van der Waals surface area contributed by atoms with E-state index >= 15 is 0 Å². The normalized spacial score (nSPS) is 12.8. The van der Waals surface area contributed by atoms with Gasteiger partial charge in [-0.25, -0.2) is 0 Å². The number of carboxylic acid groups (broad SMARTS) is 2. The van der Waals surface area contributed by atoms with Gasteiger partial charge >= 0.3 is 59.1 Å². The van der Waals surface area contributed by atoms with Gasteiger partial charge in [-0.2, -0.15) is 8.42 Å². The predicted octanol–water partition coefficient (Wildman–Crippen LogP) is -8.05. The quantitative estimate of drug-likeness (QED) is 0.254. The molecule has 0 aromatic heterocycles. The van der Waals surface area contributed by atoms with Crippen molar-refractivity contribution in [1.82, 2.24) is 0 Å². The Hall–Kier alpha value is 1.55. The van der Waals surface area contributed by atoms with Crippen LogP contribution in [0.15, 0.2) is 0 Å². The van der Waals surface area contributed by atoms with Crippen LogP contribution in [0.4, 0.5) is 0 Å². The van der Waals surface area contributed by atoms with E-state index in [0.29, 0.717) is 23.5 Å². The van der Waals surface area contributed by atoms with Crippen LogP contribution in [-0.2, 0) is 19.7 Å². The van der Waals surface area contributed by atoms with Crippen LogP contribution in [0.5, 0.6) is 0 Å². The molecule has 0 aliphatic heterocycles. The molecule has 0 amide bonds. The number of carbonyl (C=O) groups excluding carboxylic acids is 2. The molecule has 1 unspecified atom stereocenters. The summed E-state index contributed by atoms with van der Waals surface area (Å²) >= 11 is 1.12. The van der Waals surface area contributed by atoms with Crippen molar-refractivity contribution < 1.29 is 91.9 Å². The number of hydrogen-bond acceptors (Lipinski definition) is 8. The fraction of sp³-hybridized carbons (Fsp3) is 0.750. The zero-order valence-corrected chi connectivity index (χ0v) is 18.1. The summed E-state index contributed by atoms with van der Waals surface area (Å²) < 4.78 is 28.8. The Kier molecular flexibility index (Phi) is 14.7. The van der Waals surface area contributed by atoms with E-state index in [4.69, 9.17) is 4.55 Å². The van der Waals surface area contributed by atoms with E-state index in [1.165, 1.54) is 13.8 Å². The van der Waals surface area contributed by atoms with Crippen molar-refractivity contribution in [2.24, 2.45) is 0 Å². The molecule has 0 rings (SSSR count). The molecule has 0 bridgehead atoms. The molecule has 7 nitrogen and oxygen atoms in total. The molecule has 0 aromatic rings. The smallest absolute Gasteiger partial charge is 0.549 e. The molecule has 106 valence electrons. The van der Waals surface area contributed by atoms with Crippen molar-refractivity contribution in [3.63, 3.8) is 0 Å². The van der Waals surface area contributed by atoms with E-state index in [2.05, 4.69) is 0 Å². The van der Waals surface area contributed by atoms with Gasteiger partial charge in [-0.15, -0.1) is 23.5 Å². The maximum absolute atomic E-state index is 11.2. The molecule has 1 N–H and O–H groups in total. The van der Waals surface area contributed by atoms with Gasteiger partial charge in [0.2, 0.25) is 0 Å². The van der Waals surface area contributed by atoms with Gasteiger partial charge in [0.15, 0.2) is 5.25 Å². The Morgan fingerprint density at radius 1 is 1.15 bits per heavy atom. The summed E-state index contributed by atoms with van der Waals surface area (Å²) in [7, 11) is -5.14. The average Bonchev–Trinajstić information content (AvgIpc) is 2.14. The van der Waals surface area contributed by atoms with Gasteiger partial charge in [0.1, 0.15) is 4.08 Å². The second-order valence-electron chi connectivity index (χ2n) is 3.04. The molecule has 0 heterocycles. The third-order valence-electron chi connectivity index (χ3n) is 1.86. The van der Waals surface area contributed by atoms with Gasteiger partial charge < -0.3 is 19.8 Å². The monoisotopic (exact) mass is 362 g/mol. The molecule has 12 heteroatoms. The molecular formula is C8H12Na2O7S3. The summed E-state index contributed by atoms with van der Waals surface area (Å²) in [4.78, 5) is 22.1. The summed E-state index contributed by atoms with van der Waals surface area (Å²) in [6, 6.07) is 0. The van der Waals surface area contributed by atoms with Crippen LogP contribution in [0.2, 0.25) is 0 Å². The van der Waals surface area contributed by atoms with Crippen LogP contribution in [0.25, 0.3) is 0 Å². The fourth-order valence-electron chi connectivity index (χ4n) is 1.32. The van der Waals surface area contributed by atoms with Crippen molar-refractivity contribution in [3.05, 3.63) is 0 Å². The standard InChI is InChI=1S/C8H14O7S3.2Na/c1-3-16-8(7(11)12,17-4-2)5(6(9)10)18(13,14)15;;/h5H,3-4H2,1-2H3,(H,9,10)(H,11,12)(H,13,14,15);;/q;2*+1/p-2. The Bertz CT molecular complexity index is 420. The number of hydrogen-bond donors (Lipinski definition) is 1. The summed E-state index contributed by atoms with van der Waals surface area (Å²) in [6.45, 7) is 3.05. The Morgan fingerprint density at radius 2 is 1.50 bits per heavy atom. The van der Waals surface area contributed by atoms with Crippen molar-refractivity contribution in [1.29, 1.82) is 0 Å². The van der Waals surface area contributed by atoms with Gasteiger partial charge in [-0.1, -0.05) is 13.8 Å². The van der Waals surface area contributed by atoms with Gasteiger partial charge in [0.05, 0.1) is 11.9 Å². The zero-order chi connectivity index (χ0) is 14.6. The first kappa shape index (κ1) is 26.4. The van der Waals surface area contributed by atoms with E-state index in [9.17, 15) is 28.2 Å². The average molecular weight is 362 g/mol. The molecule has 1 atom stereocenters. The zero-order valence-electron chi connectivity index (χ0n) is 11.6. The van der Waals surface area contributed by atoms with Crippen LogP contribution >= 0.6 is 23.5 Å². The molecule has 0 radical (unpaired) electrons. The summed E-state index contributed by atoms with van der Waals surface area (Å²) in [6.07, 6.45) is 0. The number of carboxylic acids is 2.